The summed E-state index contributed by atoms with van der Waals surface area (Å²) >= 11 is 0. The molecular weight excluding hydrogens is 291 g/mol. The fraction of sp³-hybridized carbons (Fsp3) is 0.0526. The molecule has 0 saturated heterocycles. The minimum Gasteiger partial charge on any atom is -0.273 e. The summed E-state index contributed by atoms with van der Waals surface area (Å²) in [5.41, 5.74) is 4.01. The van der Waals surface area contributed by atoms with E-state index in [2.05, 4.69) is 10.5 Å². The summed E-state index contributed by atoms with van der Waals surface area (Å²) in [7, 11) is 0. The van der Waals surface area contributed by atoms with Gasteiger partial charge in [0.15, 0.2) is 0 Å². The summed E-state index contributed by atoms with van der Waals surface area (Å²) in [4.78, 5) is 12.0. The normalized spacial score (nSPS) is 11.0. The number of carbonyl (C=O) groups excluding carboxylic acids is 1. The maximum absolute atomic E-state index is 13.0. The number of amides is 1. The highest BCUT2D eigenvalue weighted by molar-refractivity contribution is 5.90. The lowest BCUT2D eigenvalue weighted by Crippen LogP contribution is -2.19. The first kappa shape index (κ1) is 14.9. The van der Waals surface area contributed by atoms with Crippen LogP contribution in [0.25, 0.3) is 10.8 Å². The first-order chi connectivity index (χ1) is 11.2. The molecule has 3 nitrogen and oxygen atoms in total. The van der Waals surface area contributed by atoms with Crippen molar-refractivity contribution in [2.24, 2.45) is 5.10 Å². The molecule has 0 saturated carbocycles. The summed E-state index contributed by atoms with van der Waals surface area (Å²) in [6.07, 6.45) is 1.66. The van der Waals surface area contributed by atoms with E-state index in [9.17, 15) is 9.18 Å². The molecule has 0 heterocycles. The molecule has 0 bridgehead atoms. The van der Waals surface area contributed by atoms with E-state index in [1.54, 1.807) is 12.1 Å². The lowest BCUT2D eigenvalue weighted by Gasteiger charge is -2.05. The van der Waals surface area contributed by atoms with E-state index in [-0.39, 0.29) is 18.1 Å². The monoisotopic (exact) mass is 306 g/mol. The molecule has 0 aromatic heterocycles. The third-order valence-corrected chi connectivity index (χ3v) is 3.48. The van der Waals surface area contributed by atoms with Crippen LogP contribution in [0, 0.1) is 5.82 Å². The predicted molar refractivity (Wildman–Crippen MR) is 89.8 cm³/mol. The van der Waals surface area contributed by atoms with Gasteiger partial charge in [0, 0.05) is 0 Å². The van der Waals surface area contributed by atoms with E-state index in [4.69, 9.17) is 0 Å². The number of hydrogen-bond donors (Lipinski definition) is 1. The molecule has 1 N–H and O–H groups in total. The van der Waals surface area contributed by atoms with Gasteiger partial charge in [-0.05, 0) is 34.0 Å². The highest BCUT2D eigenvalue weighted by atomic mass is 19.1. The van der Waals surface area contributed by atoms with Crippen LogP contribution in [0.4, 0.5) is 4.39 Å². The number of rotatable bonds is 4. The second kappa shape index (κ2) is 6.83. The third-order valence-electron chi connectivity index (χ3n) is 3.48. The van der Waals surface area contributed by atoms with Gasteiger partial charge in [0.2, 0.25) is 5.91 Å². The van der Waals surface area contributed by atoms with Gasteiger partial charge in [-0.25, -0.2) is 9.82 Å². The number of fused-ring (bicyclic) bond motifs is 1. The van der Waals surface area contributed by atoms with Crippen LogP contribution >= 0.6 is 0 Å². The Hall–Kier alpha value is -3.01. The number of benzene rings is 3. The van der Waals surface area contributed by atoms with E-state index in [1.165, 1.54) is 18.3 Å². The minimum absolute atomic E-state index is 0.214. The molecule has 0 fully saturated rings. The molecule has 0 aliphatic carbocycles. The number of halogens is 1. The van der Waals surface area contributed by atoms with Crippen LogP contribution in [0.1, 0.15) is 11.1 Å². The van der Waals surface area contributed by atoms with Crippen molar-refractivity contribution in [1.82, 2.24) is 5.43 Å². The molecule has 3 rings (SSSR count). The Labute approximate surface area is 133 Å². The third kappa shape index (κ3) is 3.80. The van der Waals surface area contributed by atoms with E-state index in [1.807, 2.05) is 42.5 Å². The summed E-state index contributed by atoms with van der Waals surface area (Å²) in [5, 5.41) is 6.02. The van der Waals surface area contributed by atoms with Crippen LogP contribution in [0.15, 0.2) is 71.8 Å². The van der Waals surface area contributed by atoms with Crippen LogP contribution in [-0.2, 0) is 11.2 Å². The maximum Gasteiger partial charge on any atom is 0.244 e. The maximum atomic E-state index is 13.0. The van der Waals surface area contributed by atoms with Gasteiger partial charge in [0.05, 0.1) is 12.6 Å². The highest BCUT2D eigenvalue weighted by Crippen LogP contribution is 2.18. The van der Waals surface area contributed by atoms with Crippen LogP contribution in [0.3, 0.4) is 0 Å². The highest BCUT2D eigenvalue weighted by Gasteiger charge is 2.05. The van der Waals surface area contributed by atoms with Gasteiger partial charge < -0.3 is 0 Å². The van der Waals surface area contributed by atoms with Crippen molar-refractivity contribution in [3.05, 3.63) is 83.7 Å². The first-order valence-corrected chi connectivity index (χ1v) is 7.26. The van der Waals surface area contributed by atoms with E-state index < -0.39 is 0 Å². The van der Waals surface area contributed by atoms with Gasteiger partial charge in [-0.1, -0.05) is 54.6 Å². The second-order valence-electron chi connectivity index (χ2n) is 5.16. The standard InChI is InChI=1S/C19H15FN2O/c20-17-9-3-5-14(11-17)13-21-22-19(23)12-16-8-4-7-15-6-1-2-10-18(15)16/h1-11,13H,12H2,(H,22,23). The summed E-state index contributed by atoms with van der Waals surface area (Å²) in [6, 6.07) is 19.8. The molecule has 0 aliphatic rings. The zero-order chi connectivity index (χ0) is 16.1. The van der Waals surface area contributed by atoms with Crippen LogP contribution in [0.2, 0.25) is 0 Å². The van der Waals surface area contributed by atoms with Gasteiger partial charge in [0.1, 0.15) is 5.82 Å². The van der Waals surface area contributed by atoms with Crippen molar-refractivity contribution in [3.8, 4) is 0 Å². The van der Waals surface area contributed by atoms with Crippen molar-refractivity contribution in [1.29, 1.82) is 0 Å². The number of hydrazone groups is 1. The number of hydrogen-bond acceptors (Lipinski definition) is 2. The predicted octanol–water partition coefficient (Wildman–Crippen LogP) is 3.67. The van der Waals surface area contributed by atoms with Gasteiger partial charge >= 0.3 is 0 Å². The summed E-state index contributed by atoms with van der Waals surface area (Å²) < 4.78 is 13.0. The molecular formula is C19H15FN2O. The average molecular weight is 306 g/mol. The molecule has 3 aromatic carbocycles. The lowest BCUT2D eigenvalue weighted by atomic mass is 10.0. The van der Waals surface area contributed by atoms with Crippen molar-refractivity contribution >= 4 is 22.9 Å². The molecule has 1 amide bonds. The van der Waals surface area contributed by atoms with Gasteiger partial charge in [-0.3, -0.25) is 4.79 Å². The fourth-order valence-electron chi connectivity index (χ4n) is 2.42. The van der Waals surface area contributed by atoms with Crippen molar-refractivity contribution < 1.29 is 9.18 Å². The quantitative estimate of drug-likeness (QED) is 0.580. The van der Waals surface area contributed by atoms with Crippen molar-refractivity contribution in [3.63, 3.8) is 0 Å². The zero-order valence-electron chi connectivity index (χ0n) is 12.4. The molecule has 0 spiro atoms. The Bertz CT molecular complexity index is 869. The second-order valence-corrected chi connectivity index (χ2v) is 5.16. The Morgan fingerprint density at radius 2 is 1.83 bits per heavy atom. The summed E-state index contributed by atoms with van der Waals surface area (Å²) in [6.45, 7) is 0. The van der Waals surface area contributed by atoms with E-state index >= 15 is 0 Å². The molecule has 0 atom stereocenters. The fourth-order valence-corrected chi connectivity index (χ4v) is 2.42. The lowest BCUT2D eigenvalue weighted by molar-refractivity contribution is -0.120. The number of nitrogens with zero attached hydrogens (tertiary/aromatic N) is 1. The van der Waals surface area contributed by atoms with Crippen molar-refractivity contribution in [2.45, 2.75) is 6.42 Å². The first-order valence-electron chi connectivity index (χ1n) is 7.26. The molecule has 0 aliphatic heterocycles. The van der Waals surface area contributed by atoms with Gasteiger partial charge in [-0.15, -0.1) is 0 Å². The number of carbonyl (C=O) groups is 1. The smallest absolute Gasteiger partial charge is 0.244 e. The molecule has 3 aromatic rings. The van der Waals surface area contributed by atoms with E-state index in [0.29, 0.717) is 5.56 Å². The molecule has 0 radical (unpaired) electrons. The van der Waals surface area contributed by atoms with Crippen LogP contribution < -0.4 is 5.43 Å². The Morgan fingerprint density at radius 1 is 1.04 bits per heavy atom. The molecule has 4 heteroatoms. The van der Waals surface area contributed by atoms with Gasteiger partial charge in [0.25, 0.3) is 0 Å². The Balaban J connectivity index is 1.67. The van der Waals surface area contributed by atoms with Crippen molar-refractivity contribution in [2.75, 3.05) is 0 Å². The molecule has 23 heavy (non-hydrogen) atoms. The molecule has 0 unspecified atom stereocenters. The minimum atomic E-state index is -0.337. The Kier molecular flexibility index (Phi) is 4.43. The SMILES string of the molecule is O=C(Cc1cccc2ccccc12)NN=Cc1cccc(F)c1. The Morgan fingerprint density at radius 3 is 2.70 bits per heavy atom. The van der Waals surface area contributed by atoms with E-state index in [0.717, 1.165) is 16.3 Å². The van der Waals surface area contributed by atoms with Gasteiger partial charge in [-0.2, -0.15) is 5.10 Å². The zero-order valence-corrected chi connectivity index (χ0v) is 12.4. The summed E-state index contributed by atoms with van der Waals surface area (Å²) in [5.74, 6) is -0.551. The number of nitrogens with one attached hydrogen (secondary N) is 1. The molecule has 114 valence electrons. The van der Waals surface area contributed by atoms with Crippen LogP contribution in [0.5, 0.6) is 0 Å². The largest absolute Gasteiger partial charge is 0.273 e. The van der Waals surface area contributed by atoms with Crippen LogP contribution in [-0.4, -0.2) is 12.1 Å². The average Bonchev–Trinajstić information content (AvgIpc) is 2.55. The topological polar surface area (TPSA) is 41.5 Å².